The van der Waals surface area contributed by atoms with Crippen LogP contribution in [0.2, 0.25) is 0 Å². The SMILES string of the molecule is CC[C@](C)(NCc1cc(F)ccc1F)C(N)=O. The summed E-state index contributed by atoms with van der Waals surface area (Å²) in [5.74, 6) is -1.54. The topological polar surface area (TPSA) is 55.1 Å². The van der Waals surface area contributed by atoms with Crippen LogP contribution in [0.1, 0.15) is 25.8 Å². The minimum Gasteiger partial charge on any atom is -0.368 e. The zero-order chi connectivity index (χ0) is 13.1. The van der Waals surface area contributed by atoms with Gasteiger partial charge < -0.3 is 5.73 Å². The third-order valence-corrected chi connectivity index (χ3v) is 2.93. The summed E-state index contributed by atoms with van der Waals surface area (Å²) < 4.78 is 26.2. The Kier molecular flexibility index (Phi) is 4.17. The molecule has 0 fully saturated rings. The lowest BCUT2D eigenvalue weighted by atomic mass is 9.97. The zero-order valence-corrected chi connectivity index (χ0v) is 9.89. The maximum Gasteiger partial charge on any atom is 0.237 e. The van der Waals surface area contributed by atoms with Gasteiger partial charge in [0.2, 0.25) is 5.91 Å². The Hall–Kier alpha value is -1.49. The van der Waals surface area contributed by atoms with E-state index in [4.69, 9.17) is 5.73 Å². The van der Waals surface area contributed by atoms with Crippen LogP contribution in [0.4, 0.5) is 8.78 Å². The molecule has 0 aromatic heterocycles. The molecule has 1 aromatic rings. The molecular weight excluding hydrogens is 226 g/mol. The molecule has 1 amide bonds. The van der Waals surface area contributed by atoms with Gasteiger partial charge in [-0.05, 0) is 31.5 Å². The van der Waals surface area contributed by atoms with Gasteiger partial charge in [-0.1, -0.05) is 6.92 Å². The fourth-order valence-corrected chi connectivity index (χ4v) is 1.36. The van der Waals surface area contributed by atoms with Gasteiger partial charge in [0.1, 0.15) is 11.6 Å². The van der Waals surface area contributed by atoms with Gasteiger partial charge in [0.15, 0.2) is 0 Å². The smallest absolute Gasteiger partial charge is 0.237 e. The molecule has 3 nitrogen and oxygen atoms in total. The predicted molar refractivity (Wildman–Crippen MR) is 61.1 cm³/mol. The third-order valence-electron chi connectivity index (χ3n) is 2.93. The third kappa shape index (κ3) is 3.23. The molecule has 17 heavy (non-hydrogen) atoms. The molecule has 0 aliphatic carbocycles. The number of rotatable bonds is 5. The maximum atomic E-state index is 13.3. The number of carbonyl (C=O) groups excluding carboxylic acids is 1. The van der Waals surface area contributed by atoms with Gasteiger partial charge in [-0.25, -0.2) is 8.78 Å². The van der Waals surface area contributed by atoms with Crippen LogP contribution in [0.5, 0.6) is 0 Å². The van der Waals surface area contributed by atoms with Crippen LogP contribution in [-0.2, 0) is 11.3 Å². The van der Waals surface area contributed by atoms with Crippen molar-refractivity contribution in [1.82, 2.24) is 5.32 Å². The van der Waals surface area contributed by atoms with Crippen molar-refractivity contribution in [2.75, 3.05) is 0 Å². The Labute approximate surface area is 99.0 Å². The summed E-state index contributed by atoms with van der Waals surface area (Å²) in [6.45, 7) is 3.48. The first-order chi connectivity index (χ1) is 7.89. The number of nitrogens with two attached hydrogens (primary N) is 1. The Morgan fingerprint density at radius 3 is 2.65 bits per heavy atom. The van der Waals surface area contributed by atoms with Crippen LogP contribution in [0.15, 0.2) is 18.2 Å². The van der Waals surface area contributed by atoms with Crippen molar-refractivity contribution in [3.63, 3.8) is 0 Å². The first-order valence-electron chi connectivity index (χ1n) is 5.38. The van der Waals surface area contributed by atoms with Crippen molar-refractivity contribution < 1.29 is 13.6 Å². The molecule has 0 aliphatic heterocycles. The number of benzene rings is 1. The highest BCUT2D eigenvalue weighted by atomic mass is 19.1. The molecule has 1 rings (SSSR count). The number of hydrogen-bond donors (Lipinski definition) is 2. The minimum absolute atomic E-state index is 0.0525. The van der Waals surface area contributed by atoms with E-state index >= 15 is 0 Å². The van der Waals surface area contributed by atoms with Gasteiger partial charge >= 0.3 is 0 Å². The molecule has 1 atom stereocenters. The maximum absolute atomic E-state index is 13.3. The first-order valence-corrected chi connectivity index (χ1v) is 5.38. The molecule has 3 N–H and O–H groups in total. The molecule has 0 bridgehead atoms. The summed E-state index contributed by atoms with van der Waals surface area (Å²) in [6.07, 6.45) is 0.471. The highest BCUT2D eigenvalue weighted by molar-refractivity contribution is 5.84. The monoisotopic (exact) mass is 242 g/mol. The molecule has 94 valence electrons. The van der Waals surface area contributed by atoms with Crippen LogP contribution in [0.3, 0.4) is 0 Å². The molecule has 0 unspecified atom stereocenters. The molecule has 0 aliphatic rings. The molecular formula is C12H16F2N2O. The van der Waals surface area contributed by atoms with Gasteiger partial charge in [-0.2, -0.15) is 0 Å². The van der Waals surface area contributed by atoms with Crippen molar-refractivity contribution in [3.8, 4) is 0 Å². The molecule has 0 heterocycles. The molecule has 0 spiro atoms. The summed E-state index contributed by atoms with van der Waals surface area (Å²) in [4.78, 5) is 11.2. The van der Waals surface area contributed by atoms with Crippen molar-refractivity contribution in [3.05, 3.63) is 35.4 Å². The van der Waals surface area contributed by atoms with E-state index < -0.39 is 23.1 Å². The summed E-state index contributed by atoms with van der Waals surface area (Å²) in [5, 5.41) is 2.85. The van der Waals surface area contributed by atoms with E-state index in [-0.39, 0.29) is 12.1 Å². The number of hydrogen-bond acceptors (Lipinski definition) is 2. The molecule has 0 saturated heterocycles. The van der Waals surface area contributed by atoms with Crippen LogP contribution in [0.25, 0.3) is 0 Å². The van der Waals surface area contributed by atoms with Crippen molar-refractivity contribution in [1.29, 1.82) is 0 Å². The van der Waals surface area contributed by atoms with Gasteiger partial charge in [0, 0.05) is 12.1 Å². The van der Waals surface area contributed by atoms with Gasteiger partial charge in [0.25, 0.3) is 0 Å². The number of primary amides is 1. The summed E-state index contributed by atoms with van der Waals surface area (Å²) >= 11 is 0. The largest absolute Gasteiger partial charge is 0.368 e. The lowest BCUT2D eigenvalue weighted by Crippen LogP contribution is -2.52. The number of amides is 1. The summed E-state index contributed by atoms with van der Waals surface area (Å²) in [6, 6.07) is 3.20. The quantitative estimate of drug-likeness (QED) is 0.825. The standard InChI is InChI=1S/C12H16F2N2O/c1-3-12(2,11(15)17)16-7-8-6-9(13)4-5-10(8)14/h4-6,16H,3,7H2,1-2H3,(H2,15,17)/t12-/m0/s1. The van der Waals surface area contributed by atoms with Crippen molar-refractivity contribution in [2.45, 2.75) is 32.4 Å². The molecule has 1 aromatic carbocycles. The highest BCUT2D eigenvalue weighted by Gasteiger charge is 2.28. The van der Waals surface area contributed by atoms with Crippen LogP contribution < -0.4 is 11.1 Å². The van der Waals surface area contributed by atoms with E-state index in [0.29, 0.717) is 6.42 Å². The second-order valence-electron chi connectivity index (χ2n) is 4.14. The Morgan fingerprint density at radius 2 is 2.12 bits per heavy atom. The van der Waals surface area contributed by atoms with E-state index in [1.165, 1.54) is 0 Å². The summed E-state index contributed by atoms with van der Waals surface area (Å²) in [7, 11) is 0. The van der Waals surface area contributed by atoms with E-state index in [9.17, 15) is 13.6 Å². The minimum atomic E-state index is -0.918. The Balaban J connectivity index is 2.79. The number of halogens is 2. The number of carbonyl (C=O) groups is 1. The zero-order valence-electron chi connectivity index (χ0n) is 9.89. The van der Waals surface area contributed by atoms with Gasteiger partial charge in [0.05, 0.1) is 5.54 Å². The second kappa shape index (κ2) is 5.23. The first kappa shape index (κ1) is 13.6. The predicted octanol–water partition coefficient (Wildman–Crippen LogP) is 1.71. The molecule has 0 radical (unpaired) electrons. The lowest BCUT2D eigenvalue weighted by Gasteiger charge is -2.26. The molecule has 5 heteroatoms. The lowest BCUT2D eigenvalue weighted by molar-refractivity contribution is -0.124. The Bertz CT molecular complexity index is 423. The van der Waals surface area contributed by atoms with E-state index in [1.807, 2.05) is 0 Å². The van der Waals surface area contributed by atoms with Gasteiger partial charge in [-0.3, -0.25) is 10.1 Å². The number of nitrogens with one attached hydrogen (secondary N) is 1. The van der Waals surface area contributed by atoms with Crippen LogP contribution >= 0.6 is 0 Å². The van der Waals surface area contributed by atoms with E-state index in [0.717, 1.165) is 18.2 Å². The highest BCUT2D eigenvalue weighted by Crippen LogP contribution is 2.13. The Morgan fingerprint density at radius 1 is 1.47 bits per heavy atom. The average Bonchev–Trinajstić information content (AvgIpc) is 2.29. The second-order valence-corrected chi connectivity index (χ2v) is 4.14. The average molecular weight is 242 g/mol. The van der Waals surface area contributed by atoms with Crippen molar-refractivity contribution >= 4 is 5.91 Å². The van der Waals surface area contributed by atoms with E-state index in [2.05, 4.69) is 5.32 Å². The van der Waals surface area contributed by atoms with Crippen LogP contribution in [0, 0.1) is 11.6 Å². The fourth-order valence-electron chi connectivity index (χ4n) is 1.36. The summed E-state index contributed by atoms with van der Waals surface area (Å²) in [5.41, 5.74) is 4.50. The van der Waals surface area contributed by atoms with E-state index in [1.54, 1.807) is 13.8 Å². The normalized spacial score (nSPS) is 14.4. The van der Waals surface area contributed by atoms with Crippen molar-refractivity contribution in [2.24, 2.45) is 5.73 Å². The van der Waals surface area contributed by atoms with Crippen LogP contribution in [-0.4, -0.2) is 11.4 Å². The molecule has 0 saturated carbocycles. The van der Waals surface area contributed by atoms with Gasteiger partial charge in [-0.15, -0.1) is 0 Å². The fraction of sp³-hybridized carbons (Fsp3) is 0.417.